The molecule has 2 aromatic rings. The first-order chi connectivity index (χ1) is 12.4. The van der Waals surface area contributed by atoms with Crippen LogP contribution < -0.4 is 0 Å². The Hall–Kier alpha value is -1.90. The van der Waals surface area contributed by atoms with Crippen LogP contribution in [0.3, 0.4) is 0 Å². The van der Waals surface area contributed by atoms with Crippen molar-refractivity contribution in [1.82, 2.24) is 4.90 Å². The van der Waals surface area contributed by atoms with Crippen LogP contribution in [0, 0.1) is 5.92 Å². The molecule has 1 saturated heterocycles. The van der Waals surface area contributed by atoms with Crippen LogP contribution >= 0.6 is 0 Å². The molecule has 2 aromatic carbocycles. The van der Waals surface area contributed by atoms with E-state index in [4.69, 9.17) is 4.74 Å². The number of benzene rings is 2. The first-order valence-electron chi connectivity index (χ1n) is 9.46. The summed E-state index contributed by atoms with van der Waals surface area (Å²) < 4.78 is 5.85. The Labute approximate surface area is 152 Å². The van der Waals surface area contributed by atoms with Gasteiger partial charge in [-0.2, -0.15) is 0 Å². The van der Waals surface area contributed by atoms with E-state index in [-0.39, 0.29) is 0 Å². The van der Waals surface area contributed by atoms with Crippen LogP contribution in [-0.4, -0.2) is 37.7 Å². The molecule has 0 spiro atoms. The highest BCUT2D eigenvalue weighted by Gasteiger charge is 2.18. The predicted molar refractivity (Wildman–Crippen MR) is 106 cm³/mol. The zero-order chi connectivity index (χ0) is 17.2. The molecule has 0 unspecified atom stereocenters. The highest BCUT2D eigenvalue weighted by molar-refractivity contribution is 5.48. The summed E-state index contributed by atoms with van der Waals surface area (Å²) in [5, 5.41) is 0. The molecule has 0 radical (unpaired) electrons. The zero-order valence-electron chi connectivity index (χ0n) is 15.0. The lowest BCUT2D eigenvalue weighted by molar-refractivity contribution is 0.0825. The molecule has 0 saturated carbocycles. The summed E-state index contributed by atoms with van der Waals surface area (Å²) >= 11 is 0. The molecule has 132 valence electrons. The summed E-state index contributed by atoms with van der Waals surface area (Å²) in [7, 11) is 0. The van der Waals surface area contributed by atoms with Gasteiger partial charge < -0.3 is 9.64 Å². The van der Waals surface area contributed by atoms with Crippen molar-refractivity contribution in [2.24, 2.45) is 5.92 Å². The lowest BCUT2D eigenvalue weighted by Crippen LogP contribution is -2.36. The van der Waals surface area contributed by atoms with Crippen LogP contribution in [0.1, 0.15) is 24.0 Å². The smallest absolute Gasteiger partial charge is 0.0650 e. The highest BCUT2D eigenvalue weighted by atomic mass is 16.5. The van der Waals surface area contributed by atoms with Gasteiger partial charge >= 0.3 is 0 Å². The first-order valence-corrected chi connectivity index (χ1v) is 9.46. The topological polar surface area (TPSA) is 12.5 Å². The Morgan fingerprint density at radius 3 is 2.32 bits per heavy atom. The van der Waals surface area contributed by atoms with E-state index in [9.17, 15) is 0 Å². The minimum Gasteiger partial charge on any atom is -0.377 e. The van der Waals surface area contributed by atoms with E-state index in [1.807, 2.05) is 6.07 Å². The third kappa shape index (κ3) is 6.49. The van der Waals surface area contributed by atoms with E-state index in [2.05, 4.69) is 71.6 Å². The van der Waals surface area contributed by atoms with E-state index >= 15 is 0 Å². The summed E-state index contributed by atoms with van der Waals surface area (Å²) in [6.45, 7) is 5.20. The Morgan fingerprint density at radius 2 is 1.60 bits per heavy atom. The Kier molecular flexibility index (Phi) is 7.29. The molecule has 0 N–H and O–H groups in total. The molecule has 3 rings (SSSR count). The van der Waals surface area contributed by atoms with Gasteiger partial charge in [-0.1, -0.05) is 72.8 Å². The zero-order valence-corrected chi connectivity index (χ0v) is 15.0. The summed E-state index contributed by atoms with van der Waals surface area (Å²) in [6.07, 6.45) is 7.93. The van der Waals surface area contributed by atoms with Gasteiger partial charge in [0.2, 0.25) is 0 Å². The van der Waals surface area contributed by atoms with Crippen LogP contribution in [0.4, 0.5) is 0 Å². The number of hydrogen-bond donors (Lipinski definition) is 0. The Balaban J connectivity index is 1.27. The maximum atomic E-state index is 5.85. The molecule has 0 amide bonds. The van der Waals surface area contributed by atoms with Gasteiger partial charge in [0.05, 0.1) is 6.61 Å². The number of hydrogen-bond acceptors (Lipinski definition) is 2. The van der Waals surface area contributed by atoms with Gasteiger partial charge in [0, 0.05) is 13.2 Å². The van der Waals surface area contributed by atoms with Gasteiger partial charge in [-0.3, -0.25) is 0 Å². The first kappa shape index (κ1) is 17.9. The maximum Gasteiger partial charge on any atom is 0.0650 e. The van der Waals surface area contributed by atoms with Crippen molar-refractivity contribution in [3.05, 3.63) is 77.9 Å². The fraction of sp³-hybridized carbons (Fsp3) is 0.391. The lowest BCUT2D eigenvalue weighted by atomic mass is 9.97. The van der Waals surface area contributed by atoms with Crippen LogP contribution in [-0.2, 0) is 11.2 Å². The van der Waals surface area contributed by atoms with Crippen molar-refractivity contribution in [3.8, 4) is 0 Å². The minimum absolute atomic E-state index is 0.711. The minimum atomic E-state index is 0.711. The molecule has 25 heavy (non-hydrogen) atoms. The van der Waals surface area contributed by atoms with E-state index in [1.54, 1.807) is 0 Å². The van der Waals surface area contributed by atoms with Gasteiger partial charge in [0.25, 0.3) is 0 Å². The van der Waals surface area contributed by atoms with Crippen LogP contribution in [0.2, 0.25) is 0 Å². The van der Waals surface area contributed by atoms with Gasteiger partial charge in [0.15, 0.2) is 0 Å². The number of nitrogens with zero attached hydrogens (tertiary/aromatic N) is 1. The second kappa shape index (κ2) is 10.2. The number of ether oxygens (including phenoxy) is 1. The average molecular weight is 335 g/mol. The predicted octanol–water partition coefficient (Wildman–Crippen LogP) is 4.67. The number of piperidine rings is 1. The highest BCUT2D eigenvalue weighted by Crippen LogP contribution is 2.18. The van der Waals surface area contributed by atoms with Crippen molar-refractivity contribution in [3.63, 3.8) is 0 Å². The number of rotatable bonds is 8. The molecule has 2 nitrogen and oxygen atoms in total. The van der Waals surface area contributed by atoms with E-state index in [1.165, 1.54) is 43.6 Å². The average Bonchev–Trinajstić information content (AvgIpc) is 2.69. The van der Waals surface area contributed by atoms with Crippen LogP contribution in [0.15, 0.2) is 66.7 Å². The third-order valence-electron chi connectivity index (χ3n) is 4.94. The van der Waals surface area contributed by atoms with Crippen molar-refractivity contribution in [1.29, 1.82) is 0 Å². The maximum absolute atomic E-state index is 5.85. The summed E-state index contributed by atoms with van der Waals surface area (Å²) in [5.41, 5.74) is 2.68. The Morgan fingerprint density at radius 1 is 0.920 bits per heavy atom. The molecule has 0 aromatic heterocycles. The van der Waals surface area contributed by atoms with Crippen LogP contribution in [0.5, 0.6) is 0 Å². The normalized spacial score (nSPS) is 16.5. The van der Waals surface area contributed by atoms with Gasteiger partial charge in [0.1, 0.15) is 0 Å². The molecule has 0 bridgehead atoms. The van der Waals surface area contributed by atoms with Crippen molar-refractivity contribution < 1.29 is 4.74 Å². The van der Waals surface area contributed by atoms with E-state index in [0.29, 0.717) is 6.61 Å². The summed E-state index contributed by atoms with van der Waals surface area (Å²) in [6, 6.07) is 21.2. The second-order valence-electron chi connectivity index (χ2n) is 6.87. The molecule has 1 aliphatic heterocycles. The summed E-state index contributed by atoms with van der Waals surface area (Å²) in [5.74, 6) is 0.720. The SMILES string of the molecule is C(=C\c1ccccc1)/COCC1CCN(CCc2ccccc2)CC1. The molecule has 0 atom stereocenters. The van der Waals surface area contributed by atoms with Crippen molar-refractivity contribution in [2.45, 2.75) is 19.3 Å². The lowest BCUT2D eigenvalue weighted by Gasteiger charge is -2.31. The molecule has 2 heteroatoms. The van der Waals surface area contributed by atoms with E-state index in [0.717, 1.165) is 18.9 Å². The fourth-order valence-corrected chi connectivity index (χ4v) is 3.36. The monoisotopic (exact) mass is 335 g/mol. The summed E-state index contributed by atoms with van der Waals surface area (Å²) in [4.78, 5) is 2.60. The fourth-order valence-electron chi connectivity index (χ4n) is 3.36. The van der Waals surface area contributed by atoms with Gasteiger partial charge in [-0.25, -0.2) is 0 Å². The molecular weight excluding hydrogens is 306 g/mol. The molecule has 1 fully saturated rings. The standard InChI is InChI=1S/C23H29NO/c1-3-8-21(9-4-1)12-7-19-25-20-23-14-17-24(18-15-23)16-13-22-10-5-2-6-11-22/h1-12,23H,13-20H2/b12-7+. The Bertz CT molecular complexity index is 615. The molecule has 0 aliphatic carbocycles. The molecule has 1 aliphatic rings. The van der Waals surface area contributed by atoms with Crippen molar-refractivity contribution >= 4 is 6.08 Å². The number of likely N-dealkylation sites (tertiary alicyclic amines) is 1. The van der Waals surface area contributed by atoms with E-state index < -0.39 is 0 Å². The van der Waals surface area contributed by atoms with Gasteiger partial charge in [-0.05, 0) is 49.4 Å². The van der Waals surface area contributed by atoms with Crippen LogP contribution in [0.25, 0.3) is 6.08 Å². The molecular formula is C23H29NO. The third-order valence-corrected chi connectivity index (χ3v) is 4.94. The second-order valence-corrected chi connectivity index (χ2v) is 6.87. The van der Waals surface area contributed by atoms with Crippen molar-refractivity contribution in [2.75, 3.05) is 32.8 Å². The molecule has 1 heterocycles. The largest absolute Gasteiger partial charge is 0.377 e. The van der Waals surface area contributed by atoms with Gasteiger partial charge in [-0.15, -0.1) is 0 Å². The quantitative estimate of drug-likeness (QED) is 0.650.